The minimum atomic E-state index is -0.653. The van der Waals surface area contributed by atoms with Gasteiger partial charge in [0.15, 0.2) is 5.58 Å². The zero-order valence-electron chi connectivity index (χ0n) is 11.5. The highest BCUT2D eigenvalue weighted by molar-refractivity contribution is 5.82. The molecule has 1 aromatic carbocycles. The molecule has 0 aliphatic heterocycles. The Morgan fingerprint density at radius 1 is 1.45 bits per heavy atom. The molecule has 0 radical (unpaired) electrons. The van der Waals surface area contributed by atoms with Crippen LogP contribution in [0.4, 0.5) is 0 Å². The molecule has 20 heavy (non-hydrogen) atoms. The lowest BCUT2D eigenvalue weighted by Gasteiger charge is -2.15. The van der Waals surface area contributed by atoms with E-state index in [1.807, 2.05) is 26.8 Å². The second kappa shape index (κ2) is 4.85. The van der Waals surface area contributed by atoms with Crippen LogP contribution in [0.3, 0.4) is 0 Å². The quantitative estimate of drug-likeness (QED) is 0.834. The molecular weight excluding hydrogens is 260 g/mol. The maximum atomic E-state index is 12.1. The summed E-state index contributed by atoms with van der Waals surface area (Å²) in [6.45, 7) is 5.64. The lowest BCUT2D eigenvalue weighted by atomic mass is 9.93. The molecule has 0 bridgehead atoms. The van der Waals surface area contributed by atoms with Gasteiger partial charge in [0.25, 0.3) is 0 Å². The van der Waals surface area contributed by atoms with Crippen LogP contribution in [0.15, 0.2) is 27.5 Å². The van der Waals surface area contributed by atoms with Crippen LogP contribution in [0.2, 0.25) is 0 Å². The number of fused-ring (bicyclic) bond motifs is 1. The average molecular weight is 274 g/mol. The molecular formula is C14H14N2O4. The Hall–Kier alpha value is -2.55. The zero-order chi connectivity index (χ0) is 14.9. The van der Waals surface area contributed by atoms with Crippen LogP contribution in [0.1, 0.15) is 32.8 Å². The van der Waals surface area contributed by atoms with Gasteiger partial charge < -0.3 is 9.36 Å². The van der Waals surface area contributed by atoms with Crippen LogP contribution >= 0.6 is 0 Å². The van der Waals surface area contributed by atoms with E-state index in [0.717, 1.165) is 0 Å². The maximum absolute atomic E-state index is 12.1. The van der Waals surface area contributed by atoms with E-state index in [9.17, 15) is 9.59 Å². The summed E-state index contributed by atoms with van der Waals surface area (Å²) in [7, 11) is 0. The minimum Gasteiger partial charge on any atom is -0.342 e. The van der Waals surface area contributed by atoms with Gasteiger partial charge in [-0.2, -0.15) is 5.26 Å². The number of benzene rings is 1. The highest BCUT2D eigenvalue weighted by Gasteiger charge is 2.21. The summed E-state index contributed by atoms with van der Waals surface area (Å²) < 4.78 is 5.14. The third-order valence-corrected chi connectivity index (χ3v) is 2.57. The first kappa shape index (κ1) is 13.9. The van der Waals surface area contributed by atoms with Crippen LogP contribution in [-0.2, 0) is 4.79 Å². The van der Waals surface area contributed by atoms with E-state index in [2.05, 4.69) is 0 Å². The third kappa shape index (κ3) is 2.72. The molecule has 0 aliphatic carbocycles. The fourth-order valence-corrected chi connectivity index (χ4v) is 1.76. The second-order valence-corrected chi connectivity index (χ2v) is 5.64. The fourth-order valence-electron chi connectivity index (χ4n) is 1.76. The van der Waals surface area contributed by atoms with Crippen molar-refractivity contribution in [2.24, 2.45) is 5.41 Å². The van der Waals surface area contributed by atoms with Gasteiger partial charge in [-0.3, -0.25) is 4.79 Å². The van der Waals surface area contributed by atoms with Crippen molar-refractivity contribution >= 4 is 16.9 Å². The summed E-state index contributed by atoms with van der Waals surface area (Å²) in [6.07, 6.45) is 0.140. The normalized spacial score (nSPS) is 11.3. The highest BCUT2D eigenvalue weighted by Crippen LogP contribution is 2.19. The molecule has 0 saturated heterocycles. The van der Waals surface area contributed by atoms with Gasteiger partial charge in [-0.25, -0.2) is 4.79 Å². The van der Waals surface area contributed by atoms with Crippen LogP contribution in [0, 0.1) is 16.7 Å². The van der Waals surface area contributed by atoms with Crippen molar-refractivity contribution in [1.29, 1.82) is 5.26 Å². The van der Waals surface area contributed by atoms with E-state index in [-0.39, 0.29) is 28.4 Å². The first-order chi connectivity index (χ1) is 9.31. The van der Waals surface area contributed by atoms with Crippen LogP contribution in [0.25, 0.3) is 11.0 Å². The van der Waals surface area contributed by atoms with Gasteiger partial charge in [-0.15, -0.1) is 0 Å². The van der Waals surface area contributed by atoms with Gasteiger partial charge in [-0.1, -0.05) is 26.8 Å². The first-order valence-electron chi connectivity index (χ1n) is 6.08. The molecule has 0 atom stereocenters. The number of hydrogen-bond acceptors (Lipinski definition) is 5. The molecule has 2 rings (SSSR count). The summed E-state index contributed by atoms with van der Waals surface area (Å²) in [5.41, 5.74) is -0.524. The van der Waals surface area contributed by atoms with E-state index in [1.54, 1.807) is 6.07 Å². The fraction of sp³-hybridized carbons (Fsp3) is 0.357. The molecule has 0 unspecified atom stereocenters. The highest BCUT2D eigenvalue weighted by atomic mass is 16.8. The minimum absolute atomic E-state index is 0.110. The van der Waals surface area contributed by atoms with Crippen molar-refractivity contribution < 1.29 is 14.2 Å². The topological polar surface area (TPSA) is 85.2 Å². The first-order valence-corrected chi connectivity index (χ1v) is 6.08. The Balaban J connectivity index is 2.38. The number of rotatable bonds is 2. The van der Waals surface area contributed by atoms with Crippen molar-refractivity contribution in [3.63, 3.8) is 0 Å². The molecule has 0 fully saturated rings. The van der Waals surface area contributed by atoms with Crippen molar-refractivity contribution in [2.45, 2.75) is 27.2 Å². The Kier molecular flexibility index (Phi) is 3.36. The van der Waals surface area contributed by atoms with Crippen molar-refractivity contribution in [1.82, 2.24) is 4.90 Å². The Morgan fingerprint density at radius 3 is 2.75 bits per heavy atom. The summed E-state index contributed by atoms with van der Waals surface area (Å²) in [5, 5.41) is 9.07. The summed E-state index contributed by atoms with van der Waals surface area (Å²) in [5.74, 6) is -0.572. The molecule has 0 amide bonds. The largest absolute Gasteiger partial charge is 0.342 e. The molecule has 1 heterocycles. The third-order valence-electron chi connectivity index (χ3n) is 2.57. The maximum Gasteiger partial charge on any atom is 0.337 e. The van der Waals surface area contributed by atoms with Gasteiger partial charge in [0.1, 0.15) is 11.5 Å². The summed E-state index contributed by atoms with van der Waals surface area (Å²) in [4.78, 5) is 29.2. The monoisotopic (exact) mass is 274 g/mol. The van der Waals surface area contributed by atoms with Gasteiger partial charge in [0, 0.05) is 4.90 Å². The van der Waals surface area contributed by atoms with Gasteiger partial charge in [-0.05, 0) is 17.5 Å². The molecule has 0 aliphatic rings. The molecule has 6 heteroatoms. The number of hydrogen-bond donors (Lipinski definition) is 0. The predicted octanol–water partition coefficient (Wildman–Crippen LogP) is 1.86. The van der Waals surface area contributed by atoms with E-state index >= 15 is 0 Å². The number of nitrogens with zero attached hydrogens (tertiary/aromatic N) is 2. The number of nitriles is 1. The number of aromatic nitrogens is 1. The zero-order valence-corrected chi connectivity index (χ0v) is 11.5. The Morgan fingerprint density at radius 2 is 2.15 bits per heavy atom. The van der Waals surface area contributed by atoms with Crippen molar-refractivity contribution in [2.75, 3.05) is 0 Å². The van der Waals surface area contributed by atoms with Crippen LogP contribution in [0.5, 0.6) is 0 Å². The standard InChI is InChI=1S/C14H14N2O4/c1-14(2,3)7-11(17)20-16-13(18)12-9(8-15)5-4-6-10(12)19-16/h4-6H,7H2,1-3H3. The average Bonchev–Trinajstić information content (AvgIpc) is 2.64. The molecule has 0 saturated carbocycles. The molecule has 0 spiro atoms. The van der Waals surface area contributed by atoms with E-state index in [1.165, 1.54) is 12.1 Å². The van der Waals surface area contributed by atoms with Crippen molar-refractivity contribution in [3.8, 4) is 6.07 Å². The molecule has 104 valence electrons. The van der Waals surface area contributed by atoms with E-state index < -0.39 is 11.5 Å². The summed E-state index contributed by atoms with van der Waals surface area (Å²) in [6, 6.07) is 6.52. The Bertz CT molecular complexity index is 756. The number of carbonyl (C=O) groups excluding carboxylic acids is 1. The summed E-state index contributed by atoms with van der Waals surface area (Å²) >= 11 is 0. The van der Waals surface area contributed by atoms with E-state index in [4.69, 9.17) is 14.6 Å². The van der Waals surface area contributed by atoms with Gasteiger partial charge in [0.2, 0.25) is 0 Å². The lowest BCUT2D eigenvalue weighted by Crippen LogP contribution is -2.30. The molecule has 0 N–H and O–H groups in total. The van der Waals surface area contributed by atoms with E-state index in [0.29, 0.717) is 4.90 Å². The lowest BCUT2D eigenvalue weighted by molar-refractivity contribution is -0.156. The molecule has 6 nitrogen and oxygen atoms in total. The number of carbonyl (C=O) groups is 1. The van der Waals surface area contributed by atoms with Gasteiger partial charge in [0.05, 0.1) is 12.0 Å². The molecule has 2 aromatic rings. The smallest absolute Gasteiger partial charge is 0.337 e. The van der Waals surface area contributed by atoms with Gasteiger partial charge >= 0.3 is 11.5 Å². The molecule has 1 aromatic heterocycles. The van der Waals surface area contributed by atoms with Crippen LogP contribution in [-0.4, -0.2) is 10.9 Å². The van der Waals surface area contributed by atoms with Crippen molar-refractivity contribution in [3.05, 3.63) is 34.1 Å². The SMILES string of the molecule is CC(C)(C)CC(=O)On1oc2cccc(C#N)c2c1=O. The second-order valence-electron chi connectivity index (χ2n) is 5.64. The van der Waals surface area contributed by atoms with Crippen LogP contribution < -0.4 is 10.4 Å². The predicted molar refractivity (Wildman–Crippen MR) is 70.8 cm³/mol. The Labute approximate surface area is 115 Å².